The molecule has 0 aliphatic heterocycles. The largest absolute Gasteiger partial charge is 0.338 e. The minimum Gasteiger partial charge on any atom is -0.338 e. The van der Waals surface area contributed by atoms with Gasteiger partial charge in [-0.2, -0.15) is 0 Å². The highest BCUT2D eigenvalue weighted by molar-refractivity contribution is 6.39. The molecule has 0 radical (unpaired) electrons. The van der Waals surface area contributed by atoms with Crippen LogP contribution in [0.15, 0.2) is 18.2 Å². The molecule has 0 atom stereocenters. The molecule has 3 nitrogen and oxygen atoms in total. The number of halogens is 4. The molecule has 0 saturated carbocycles. The summed E-state index contributed by atoms with van der Waals surface area (Å²) in [6.07, 6.45) is 0. The van der Waals surface area contributed by atoms with Gasteiger partial charge in [0.2, 0.25) is 5.28 Å². The molecule has 1 N–H and O–H groups in total. The zero-order valence-electron chi connectivity index (χ0n) is 9.14. The minimum atomic E-state index is -0.507. The molecular formula is C11H7Cl3FN3. The molecule has 1 aromatic carbocycles. The van der Waals surface area contributed by atoms with Crippen LogP contribution in [0.5, 0.6) is 0 Å². The summed E-state index contributed by atoms with van der Waals surface area (Å²) in [5, 5.41) is 3.31. The highest BCUT2D eigenvalue weighted by Gasteiger charge is 2.10. The number of benzene rings is 1. The molecule has 7 heteroatoms. The highest BCUT2D eigenvalue weighted by Crippen LogP contribution is 2.33. The van der Waals surface area contributed by atoms with Gasteiger partial charge in [0.05, 0.1) is 15.7 Å². The van der Waals surface area contributed by atoms with Gasteiger partial charge in [-0.05, 0) is 30.7 Å². The van der Waals surface area contributed by atoms with Gasteiger partial charge in [-0.25, -0.2) is 14.4 Å². The SMILES string of the molecule is Cc1cc(Nc2c(Cl)cc(F)cc2Cl)nc(Cl)n1. The molecule has 0 aliphatic carbocycles. The predicted octanol–water partition coefficient (Wildman–Crippen LogP) is 4.63. The average molecular weight is 307 g/mol. The number of aromatic nitrogens is 2. The van der Waals surface area contributed by atoms with Gasteiger partial charge >= 0.3 is 0 Å². The summed E-state index contributed by atoms with van der Waals surface area (Å²) in [5.41, 5.74) is 1.06. The quantitative estimate of drug-likeness (QED) is 0.822. The van der Waals surface area contributed by atoms with Crippen molar-refractivity contribution in [2.24, 2.45) is 0 Å². The first-order chi connectivity index (χ1) is 8.45. The number of nitrogens with one attached hydrogen (secondary N) is 1. The maximum absolute atomic E-state index is 13.0. The van der Waals surface area contributed by atoms with Crippen molar-refractivity contribution >= 4 is 46.3 Å². The van der Waals surface area contributed by atoms with Crippen molar-refractivity contribution in [1.29, 1.82) is 0 Å². The van der Waals surface area contributed by atoms with Gasteiger partial charge in [-0.3, -0.25) is 0 Å². The minimum absolute atomic E-state index is 0.104. The van der Waals surface area contributed by atoms with Gasteiger partial charge in [-0.1, -0.05) is 23.2 Å². The summed E-state index contributed by atoms with van der Waals surface area (Å²) >= 11 is 17.5. The van der Waals surface area contributed by atoms with Crippen LogP contribution in [-0.4, -0.2) is 9.97 Å². The van der Waals surface area contributed by atoms with Crippen LogP contribution in [0.2, 0.25) is 15.3 Å². The normalized spacial score (nSPS) is 10.5. The van der Waals surface area contributed by atoms with Crippen LogP contribution in [0, 0.1) is 12.7 Å². The molecule has 0 bridgehead atoms. The third kappa shape index (κ3) is 3.02. The third-order valence-corrected chi connectivity index (χ3v) is 2.85. The van der Waals surface area contributed by atoms with E-state index in [9.17, 15) is 4.39 Å². The van der Waals surface area contributed by atoms with Crippen LogP contribution in [0.4, 0.5) is 15.9 Å². The van der Waals surface area contributed by atoms with E-state index in [-0.39, 0.29) is 15.3 Å². The molecule has 0 aliphatic rings. The van der Waals surface area contributed by atoms with Crippen LogP contribution in [0.3, 0.4) is 0 Å². The van der Waals surface area contributed by atoms with Crippen LogP contribution in [-0.2, 0) is 0 Å². The molecule has 0 amide bonds. The van der Waals surface area contributed by atoms with E-state index in [0.29, 0.717) is 17.2 Å². The summed E-state index contributed by atoms with van der Waals surface area (Å²) in [7, 11) is 0. The number of anilines is 2. The van der Waals surface area contributed by atoms with Gasteiger partial charge < -0.3 is 5.32 Å². The summed E-state index contributed by atoms with van der Waals surface area (Å²) in [6, 6.07) is 3.98. The molecule has 18 heavy (non-hydrogen) atoms. The van der Waals surface area contributed by atoms with Gasteiger partial charge in [0.25, 0.3) is 0 Å². The number of rotatable bonds is 2. The van der Waals surface area contributed by atoms with E-state index in [0.717, 1.165) is 12.1 Å². The van der Waals surface area contributed by atoms with E-state index < -0.39 is 5.82 Å². The Balaban J connectivity index is 2.40. The summed E-state index contributed by atoms with van der Waals surface area (Å²) in [6.45, 7) is 1.77. The van der Waals surface area contributed by atoms with Crippen LogP contribution in [0.25, 0.3) is 0 Å². The standard InChI is InChI=1S/C11H7Cl3FN3/c1-5-2-9(18-11(14)16-5)17-10-7(12)3-6(15)4-8(10)13/h2-4H,1H3,(H,16,17,18). The van der Waals surface area contributed by atoms with Crippen molar-refractivity contribution in [1.82, 2.24) is 9.97 Å². The Morgan fingerprint density at radius 1 is 1.06 bits per heavy atom. The lowest BCUT2D eigenvalue weighted by Crippen LogP contribution is -1.98. The van der Waals surface area contributed by atoms with E-state index in [1.165, 1.54) is 0 Å². The van der Waals surface area contributed by atoms with E-state index in [1.54, 1.807) is 13.0 Å². The highest BCUT2D eigenvalue weighted by atomic mass is 35.5. The first-order valence-electron chi connectivity index (χ1n) is 4.88. The molecule has 2 aromatic rings. The Morgan fingerprint density at radius 3 is 2.22 bits per heavy atom. The Hall–Kier alpha value is -1.10. The molecule has 0 fully saturated rings. The number of nitrogens with zero attached hydrogens (tertiary/aromatic N) is 2. The molecule has 94 valence electrons. The van der Waals surface area contributed by atoms with Crippen molar-refractivity contribution in [2.45, 2.75) is 6.92 Å². The summed E-state index contributed by atoms with van der Waals surface area (Å²) in [4.78, 5) is 7.89. The lowest BCUT2D eigenvalue weighted by atomic mass is 10.3. The fourth-order valence-electron chi connectivity index (χ4n) is 1.39. The molecule has 0 unspecified atom stereocenters. The Morgan fingerprint density at radius 2 is 1.67 bits per heavy atom. The summed E-state index contributed by atoms with van der Waals surface area (Å²) in [5.74, 6) is -0.0737. The number of hydrogen-bond donors (Lipinski definition) is 1. The first kappa shape index (κ1) is 13.3. The van der Waals surface area contributed by atoms with Gasteiger partial charge in [0.1, 0.15) is 11.6 Å². The monoisotopic (exact) mass is 305 g/mol. The van der Waals surface area contributed by atoms with Crippen molar-refractivity contribution in [2.75, 3.05) is 5.32 Å². The average Bonchev–Trinajstić information content (AvgIpc) is 2.22. The molecule has 1 aromatic heterocycles. The lowest BCUT2D eigenvalue weighted by molar-refractivity contribution is 0.628. The van der Waals surface area contributed by atoms with Crippen LogP contribution >= 0.6 is 34.8 Å². The van der Waals surface area contributed by atoms with Crippen molar-refractivity contribution < 1.29 is 4.39 Å². The van der Waals surface area contributed by atoms with E-state index in [4.69, 9.17) is 34.8 Å². The van der Waals surface area contributed by atoms with Crippen molar-refractivity contribution in [3.8, 4) is 0 Å². The fourth-order valence-corrected chi connectivity index (χ4v) is 2.17. The molecular weight excluding hydrogens is 299 g/mol. The zero-order chi connectivity index (χ0) is 13.3. The van der Waals surface area contributed by atoms with Crippen LogP contribution in [0.1, 0.15) is 5.69 Å². The first-order valence-corrected chi connectivity index (χ1v) is 6.02. The van der Waals surface area contributed by atoms with Crippen molar-refractivity contribution in [3.63, 3.8) is 0 Å². The lowest BCUT2D eigenvalue weighted by Gasteiger charge is -2.10. The molecule has 0 spiro atoms. The second-order valence-corrected chi connectivity index (χ2v) is 4.69. The van der Waals surface area contributed by atoms with Gasteiger partial charge in [0, 0.05) is 11.8 Å². The molecule has 0 saturated heterocycles. The molecule has 1 heterocycles. The Kier molecular flexibility index (Phi) is 3.90. The Labute approximate surface area is 118 Å². The molecule has 2 rings (SSSR count). The van der Waals surface area contributed by atoms with E-state index >= 15 is 0 Å². The number of hydrogen-bond acceptors (Lipinski definition) is 3. The topological polar surface area (TPSA) is 37.8 Å². The van der Waals surface area contributed by atoms with Crippen LogP contribution < -0.4 is 5.32 Å². The fraction of sp³-hybridized carbons (Fsp3) is 0.0909. The third-order valence-electron chi connectivity index (χ3n) is 2.09. The maximum Gasteiger partial charge on any atom is 0.224 e. The van der Waals surface area contributed by atoms with Gasteiger partial charge in [-0.15, -0.1) is 0 Å². The van der Waals surface area contributed by atoms with Gasteiger partial charge in [0.15, 0.2) is 0 Å². The second-order valence-electron chi connectivity index (χ2n) is 3.53. The maximum atomic E-state index is 13.0. The van der Waals surface area contributed by atoms with E-state index in [2.05, 4.69) is 15.3 Å². The zero-order valence-corrected chi connectivity index (χ0v) is 11.4. The Bertz CT molecular complexity index is 561. The smallest absolute Gasteiger partial charge is 0.224 e. The number of aryl methyl sites for hydroxylation is 1. The van der Waals surface area contributed by atoms with E-state index in [1.807, 2.05) is 0 Å². The summed E-state index contributed by atoms with van der Waals surface area (Å²) < 4.78 is 13.0. The second kappa shape index (κ2) is 5.26. The van der Waals surface area contributed by atoms with Crippen molar-refractivity contribution in [3.05, 3.63) is 45.0 Å². The predicted molar refractivity (Wildman–Crippen MR) is 71.5 cm³/mol.